The molecule has 4 unspecified atom stereocenters. The Morgan fingerprint density at radius 1 is 1.25 bits per heavy atom. The fourth-order valence-electron chi connectivity index (χ4n) is 4.06. The fourth-order valence-corrected chi connectivity index (χ4v) is 4.06. The van der Waals surface area contributed by atoms with E-state index < -0.39 is 0 Å². The lowest BCUT2D eigenvalue weighted by atomic mass is 9.75. The minimum absolute atomic E-state index is 0.520. The highest BCUT2D eigenvalue weighted by Gasteiger charge is 2.63. The molecule has 0 saturated heterocycles. The first kappa shape index (κ1) is 11.7. The first-order valence-electron chi connectivity index (χ1n) is 6.48. The highest BCUT2D eigenvalue weighted by Crippen LogP contribution is 2.69. The molecule has 0 aromatic rings. The third kappa shape index (κ3) is 1.51. The van der Waals surface area contributed by atoms with Gasteiger partial charge in [-0.25, -0.2) is 0 Å². The average molecular weight is 217 g/mol. The van der Waals surface area contributed by atoms with E-state index in [0.29, 0.717) is 11.3 Å². The van der Waals surface area contributed by atoms with Crippen LogP contribution in [0, 0.1) is 40.4 Å². The minimum Gasteiger partial charge on any atom is -0.193 e. The van der Waals surface area contributed by atoms with Crippen molar-refractivity contribution in [3.63, 3.8) is 0 Å². The Morgan fingerprint density at radius 2 is 1.88 bits per heavy atom. The summed E-state index contributed by atoms with van der Waals surface area (Å²) in [6, 6.07) is 2.33. The molecule has 0 amide bonds. The van der Waals surface area contributed by atoms with Crippen molar-refractivity contribution >= 4 is 0 Å². The molecule has 1 nitrogen and oxygen atoms in total. The van der Waals surface area contributed by atoms with Gasteiger partial charge in [-0.3, -0.25) is 0 Å². The number of nitriles is 1. The van der Waals surface area contributed by atoms with E-state index in [1.807, 2.05) is 6.92 Å². The lowest BCUT2D eigenvalue weighted by Crippen LogP contribution is -2.22. The van der Waals surface area contributed by atoms with Crippen molar-refractivity contribution in [1.82, 2.24) is 0 Å². The van der Waals surface area contributed by atoms with Gasteiger partial charge in [0.05, 0.1) is 6.07 Å². The third-order valence-electron chi connectivity index (χ3n) is 5.33. The second-order valence-electron chi connectivity index (χ2n) is 6.45. The highest BCUT2D eigenvalue weighted by molar-refractivity contribution is 5.30. The fraction of sp³-hybridized carbons (Fsp3) is 0.800. The van der Waals surface area contributed by atoms with Crippen molar-refractivity contribution in [3.8, 4) is 6.07 Å². The van der Waals surface area contributed by atoms with E-state index in [-0.39, 0.29) is 0 Å². The quantitative estimate of drug-likeness (QED) is 0.605. The average Bonchev–Trinajstić information content (AvgIpc) is 2.79. The Labute approximate surface area is 99.5 Å². The maximum atomic E-state index is 9.04. The van der Waals surface area contributed by atoms with Gasteiger partial charge in [0.1, 0.15) is 0 Å². The largest absolute Gasteiger partial charge is 0.193 e. The summed E-state index contributed by atoms with van der Waals surface area (Å²) in [4.78, 5) is 0. The van der Waals surface area contributed by atoms with Gasteiger partial charge in [0, 0.05) is 5.57 Å². The molecule has 4 atom stereocenters. The van der Waals surface area contributed by atoms with Crippen molar-refractivity contribution in [2.75, 3.05) is 0 Å². The standard InChI is InChI=1S/C15H23N/c1-9-6-7-12-14(15(12,4)5)13(9)11(3)10(2)8-16/h9,12-14H,6-7H2,1-5H3. The molecule has 2 fully saturated rings. The van der Waals surface area contributed by atoms with E-state index in [9.17, 15) is 0 Å². The lowest BCUT2D eigenvalue weighted by Gasteiger charge is -2.30. The van der Waals surface area contributed by atoms with Gasteiger partial charge < -0.3 is 0 Å². The Kier molecular flexibility index (Phi) is 2.65. The van der Waals surface area contributed by atoms with Gasteiger partial charge in [-0.2, -0.15) is 5.26 Å². The maximum Gasteiger partial charge on any atom is 0.0943 e. The van der Waals surface area contributed by atoms with Crippen molar-refractivity contribution in [1.29, 1.82) is 5.26 Å². The topological polar surface area (TPSA) is 23.8 Å². The van der Waals surface area contributed by atoms with Gasteiger partial charge in [-0.1, -0.05) is 26.3 Å². The molecule has 88 valence electrons. The van der Waals surface area contributed by atoms with E-state index >= 15 is 0 Å². The zero-order chi connectivity index (χ0) is 12.1. The molecule has 0 heterocycles. The van der Waals surface area contributed by atoms with Gasteiger partial charge in [0.25, 0.3) is 0 Å². The molecule has 0 aromatic heterocycles. The minimum atomic E-state index is 0.520. The molecule has 0 N–H and O–H groups in total. The smallest absolute Gasteiger partial charge is 0.0943 e. The normalized spacial score (nSPS) is 41.8. The monoisotopic (exact) mass is 217 g/mol. The van der Waals surface area contributed by atoms with E-state index in [1.165, 1.54) is 18.4 Å². The summed E-state index contributed by atoms with van der Waals surface area (Å²) in [7, 11) is 0. The summed E-state index contributed by atoms with van der Waals surface area (Å²) < 4.78 is 0. The number of allylic oxidation sites excluding steroid dienone is 2. The second kappa shape index (κ2) is 3.62. The van der Waals surface area contributed by atoms with Gasteiger partial charge in [-0.05, 0) is 55.8 Å². The van der Waals surface area contributed by atoms with E-state index in [1.54, 1.807) is 0 Å². The molecule has 0 spiro atoms. The molecule has 0 aromatic carbocycles. The van der Waals surface area contributed by atoms with Crippen LogP contribution in [0.4, 0.5) is 0 Å². The van der Waals surface area contributed by atoms with Crippen molar-refractivity contribution in [2.24, 2.45) is 29.1 Å². The molecule has 0 radical (unpaired) electrons. The molecular formula is C15H23N. The van der Waals surface area contributed by atoms with Gasteiger partial charge in [0.2, 0.25) is 0 Å². The summed E-state index contributed by atoms with van der Waals surface area (Å²) in [5.74, 6) is 3.16. The molecule has 1 heteroatoms. The lowest BCUT2D eigenvalue weighted by molar-refractivity contribution is 0.270. The first-order chi connectivity index (χ1) is 7.41. The SMILES string of the molecule is CC(C#N)=C(C)C1C(C)CCC2C1C2(C)C. The van der Waals surface area contributed by atoms with Crippen LogP contribution < -0.4 is 0 Å². The summed E-state index contributed by atoms with van der Waals surface area (Å²) in [5.41, 5.74) is 2.82. The van der Waals surface area contributed by atoms with Crippen molar-refractivity contribution in [3.05, 3.63) is 11.1 Å². The van der Waals surface area contributed by atoms with Crippen LogP contribution in [-0.4, -0.2) is 0 Å². The molecule has 16 heavy (non-hydrogen) atoms. The molecule has 2 saturated carbocycles. The van der Waals surface area contributed by atoms with E-state index in [4.69, 9.17) is 5.26 Å². The predicted molar refractivity (Wildman–Crippen MR) is 66.6 cm³/mol. The molecule has 0 aliphatic heterocycles. The predicted octanol–water partition coefficient (Wildman–Crippen LogP) is 4.16. The molecule has 2 aliphatic rings. The Balaban J connectivity index is 2.30. The van der Waals surface area contributed by atoms with Gasteiger partial charge in [-0.15, -0.1) is 0 Å². The van der Waals surface area contributed by atoms with Crippen molar-refractivity contribution < 1.29 is 0 Å². The Bertz CT molecular complexity index is 369. The van der Waals surface area contributed by atoms with Crippen LogP contribution in [0.15, 0.2) is 11.1 Å². The van der Waals surface area contributed by atoms with Gasteiger partial charge in [0.15, 0.2) is 0 Å². The highest BCUT2D eigenvalue weighted by atomic mass is 14.7. The zero-order valence-corrected chi connectivity index (χ0v) is 11.2. The number of fused-ring (bicyclic) bond motifs is 1. The number of rotatable bonds is 1. The first-order valence-corrected chi connectivity index (χ1v) is 6.48. The zero-order valence-electron chi connectivity index (χ0n) is 11.2. The maximum absolute atomic E-state index is 9.04. The van der Waals surface area contributed by atoms with Crippen LogP contribution >= 0.6 is 0 Å². The molecular weight excluding hydrogens is 194 g/mol. The van der Waals surface area contributed by atoms with Gasteiger partial charge >= 0.3 is 0 Å². The third-order valence-corrected chi connectivity index (χ3v) is 5.33. The molecule has 2 rings (SSSR count). The van der Waals surface area contributed by atoms with E-state index in [2.05, 4.69) is 33.8 Å². The number of hydrogen-bond acceptors (Lipinski definition) is 1. The second-order valence-corrected chi connectivity index (χ2v) is 6.45. The van der Waals surface area contributed by atoms with Crippen LogP contribution in [0.5, 0.6) is 0 Å². The molecule has 0 bridgehead atoms. The molecule has 2 aliphatic carbocycles. The Hall–Kier alpha value is -0.770. The van der Waals surface area contributed by atoms with Crippen LogP contribution in [0.25, 0.3) is 0 Å². The van der Waals surface area contributed by atoms with E-state index in [0.717, 1.165) is 23.3 Å². The van der Waals surface area contributed by atoms with Crippen LogP contribution in [-0.2, 0) is 0 Å². The number of nitrogens with zero attached hydrogens (tertiary/aromatic N) is 1. The van der Waals surface area contributed by atoms with Crippen LogP contribution in [0.1, 0.15) is 47.5 Å². The summed E-state index contributed by atoms with van der Waals surface area (Å²) in [6.45, 7) is 11.3. The summed E-state index contributed by atoms with van der Waals surface area (Å²) in [5, 5.41) is 9.04. The Morgan fingerprint density at radius 3 is 2.44 bits per heavy atom. The summed E-state index contributed by atoms with van der Waals surface area (Å²) in [6.07, 6.45) is 2.74. The van der Waals surface area contributed by atoms with Crippen LogP contribution in [0.3, 0.4) is 0 Å². The summed E-state index contributed by atoms with van der Waals surface area (Å²) >= 11 is 0. The van der Waals surface area contributed by atoms with Crippen LogP contribution in [0.2, 0.25) is 0 Å². The van der Waals surface area contributed by atoms with Crippen molar-refractivity contribution in [2.45, 2.75) is 47.5 Å². The number of hydrogen-bond donors (Lipinski definition) is 0.